The summed E-state index contributed by atoms with van der Waals surface area (Å²) < 4.78 is 5.41. The summed E-state index contributed by atoms with van der Waals surface area (Å²) in [7, 11) is 0. The molecule has 3 aliphatic rings. The number of hydrogen-bond acceptors (Lipinski definition) is 4. The van der Waals surface area contributed by atoms with Crippen molar-refractivity contribution in [2.45, 2.75) is 44.6 Å². The van der Waals surface area contributed by atoms with Crippen LogP contribution in [0.15, 0.2) is 0 Å². The second kappa shape index (κ2) is 8.27. The van der Waals surface area contributed by atoms with Gasteiger partial charge in [-0.25, -0.2) is 0 Å². The lowest BCUT2D eigenvalue weighted by molar-refractivity contribution is -0.132. The summed E-state index contributed by atoms with van der Waals surface area (Å²) in [6.45, 7) is 8.17. The molecular weight excluding hydrogens is 278 g/mol. The average Bonchev–Trinajstić information content (AvgIpc) is 3.08. The molecule has 3 aliphatic heterocycles. The first-order chi connectivity index (χ1) is 10.8. The predicted molar refractivity (Wildman–Crippen MR) is 86.8 cm³/mol. The number of carbonyl (C=O) groups is 1. The predicted octanol–water partition coefficient (Wildman–Crippen LogP) is 1.09. The quantitative estimate of drug-likeness (QED) is 0.826. The van der Waals surface area contributed by atoms with Crippen molar-refractivity contribution in [2.24, 2.45) is 5.92 Å². The highest BCUT2D eigenvalue weighted by Crippen LogP contribution is 2.20. The minimum atomic E-state index is 0.374. The second-order valence-electron chi connectivity index (χ2n) is 7.07. The van der Waals surface area contributed by atoms with Gasteiger partial charge in [0.2, 0.25) is 5.91 Å². The molecule has 22 heavy (non-hydrogen) atoms. The van der Waals surface area contributed by atoms with E-state index in [4.69, 9.17) is 4.74 Å². The summed E-state index contributed by atoms with van der Waals surface area (Å²) in [4.78, 5) is 16.9. The summed E-state index contributed by atoms with van der Waals surface area (Å²) in [6, 6.07) is 0.586. The summed E-state index contributed by atoms with van der Waals surface area (Å²) in [5.74, 6) is 1.14. The van der Waals surface area contributed by atoms with Crippen molar-refractivity contribution in [1.29, 1.82) is 0 Å². The molecule has 5 nitrogen and oxygen atoms in total. The molecule has 1 amide bonds. The van der Waals surface area contributed by atoms with Gasteiger partial charge in [-0.2, -0.15) is 0 Å². The molecule has 1 atom stereocenters. The Morgan fingerprint density at radius 1 is 1.09 bits per heavy atom. The zero-order valence-corrected chi connectivity index (χ0v) is 13.8. The molecule has 5 heteroatoms. The maximum absolute atomic E-state index is 12.3. The van der Waals surface area contributed by atoms with Crippen molar-refractivity contribution < 1.29 is 9.53 Å². The van der Waals surface area contributed by atoms with Crippen LogP contribution in [0.25, 0.3) is 0 Å². The third kappa shape index (κ3) is 4.67. The zero-order chi connectivity index (χ0) is 15.2. The van der Waals surface area contributed by atoms with Crippen LogP contribution in [0.4, 0.5) is 0 Å². The number of hydrogen-bond donors (Lipinski definition) is 1. The number of rotatable bonds is 5. The Kier molecular flexibility index (Phi) is 6.10. The van der Waals surface area contributed by atoms with E-state index >= 15 is 0 Å². The Balaban J connectivity index is 1.32. The maximum Gasteiger partial charge on any atom is 0.222 e. The molecule has 1 unspecified atom stereocenters. The first kappa shape index (κ1) is 16.2. The first-order valence-corrected chi connectivity index (χ1v) is 9.12. The molecule has 1 N–H and O–H groups in total. The van der Waals surface area contributed by atoms with Gasteiger partial charge in [-0.15, -0.1) is 0 Å². The smallest absolute Gasteiger partial charge is 0.222 e. The molecule has 0 aromatic rings. The molecule has 3 rings (SSSR count). The Labute approximate surface area is 134 Å². The Morgan fingerprint density at radius 3 is 2.55 bits per heavy atom. The third-order valence-electron chi connectivity index (χ3n) is 5.46. The molecule has 0 spiro atoms. The average molecular weight is 309 g/mol. The van der Waals surface area contributed by atoms with Crippen LogP contribution in [-0.4, -0.2) is 74.2 Å². The Hall–Kier alpha value is -0.650. The van der Waals surface area contributed by atoms with E-state index in [2.05, 4.69) is 15.1 Å². The summed E-state index contributed by atoms with van der Waals surface area (Å²) >= 11 is 0. The normalized spacial score (nSPS) is 28.2. The molecule has 3 fully saturated rings. The fourth-order valence-electron chi connectivity index (χ4n) is 3.97. The summed E-state index contributed by atoms with van der Waals surface area (Å²) in [5, 5.41) is 3.48. The van der Waals surface area contributed by atoms with Crippen LogP contribution >= 0.6 is 0 Å². The molecule has 0 bridgehead atoms. The fourth-order valence-corrected chi connectivity index (χ4v) is 3.97. The van der Waals surface area contributed by atoms with Crippen molar-refractivity contribution in [1.82, 2.24) is 15.1 Å². The van der Waals surface area contributed by atoms with Crippen LogP contribution in [0.2, 0.25) is 0 Å². The van der Waals surface area contributed by atoms with E-state index in [1.54, 1.807) is 0 Å². The van der Waals surface area contributed by atoms with E-state index in [9.17, 15) is 4.79 Å². The van der Waals surface area contributed by atoms with Gasteiger partial charge in [0.25, 0.3) is 0 Å². The number of amides is 1. The molecule has 0 radical (unpaired) electrons. The van der Waals surface area contributed by atoms with E-state index in [-0.39, 0.29) is 0 Å². The lowest BCUT2D eigenvalue weighted by Crippen LogP contribution is -2.44. The van der Waals surface area contributed by atoms with Crippen LogP contribution < -0.4 is 5.32 Å². The molecular formula is C17H31N3O2. The Bertz CT molecular complexity index is 344. The number of piperidine rings is 1. The number of morpholine rings is 1. The van der Waals surface area contributed by atoms with E-state index in [1.807, 2.05) is 0 Å². The van der Waals surface area contributed by atoms with Crippen molar-refractivity contribution in [2.75, 3.05) is 52.5 Å². The van der Waals surface area contributed by atoms with E-state index in [0.29, 0.717) is 11.9 Å². The van der Waals surface area contributed by atoms with Gasteiger partial charge in [0.15, 0.2) is 0 Å². The van der Waals surface area contributed by atoms with Gasteiger partial charge in [0.05, 0.1) is 13.2 Å². The van der Waals surface area contributed by atoms with Crippen LogP contribution in [0.3, 0.4) is 0 Å². The van der Waals surface area contributed by atoms with E-state index in [0.717, 1.165) is 64.7 Å². The number of nitrogens with one attached hydrogen (secondary N) is 1. The van der Waals surface area contributed by atoms with E-state index in [1.165, 1.54) is 32.2 Å². The summed E-state index contributed by atoms with van der Waals surface area (Å²) in [6.07, 6.45) is 6.61. The van der Waals surface area contributed by atoms with Crippen LogP contribution in [0.1, 0.15) is 38.5 Å². The number of carbonyl (C=O) groups excluding carboxylic acids is 1. The molecule has 0 aliphatic carbocycles. The molecule has 0 aromatic carbocycles. The highest BCUT2D eigenvalue weighted by molar-refractivity contribution is 5.76. The van der Waals surface area contributed by atoms with Crippen molar-refractivity contribution in [3.8, 4) is 0 Å². The number of ether oxygens (including phenoxy) is 1. The molecule has 3 saturated heterocycles. The van der Waals surface area contributed by atoms with Gasteiger partial charge < -0.3 is 15.0 Å². The van der Waals surface area contributed by atoms with Gasteiger partial charge in [-0.05, 0) is 44.6 Å². The SMILES string of the molecule is O=C(CCC1CCCN1)N1CCC(CN2CCOCC2)CC1. The van der Waals surface area contributed by atoms with Gasteiger partial charge in [-0.1, -0.05) is 0 Å². The molecule has 3 heterocycles. The van der Waals surface area contributed by atoms with Crippen molar-refractivity contribution >= 4 is 5.91 Å². The monoisotopic (exact) mass is 309 g/mol. The van der Waals surface area contributed by atoms with Crippen LogP contribution in [-0.2, 0) is 9.53 Å². The van der Waals surface area contributed by atoms with Crippen molar-refractivity contribution in [3.63, 3.8) is 0 Å². The minimum Gasteiger partial charge on any atom is -0.379 e. The molecule has 0 saturated carbocycles. The van der Waals surface area contributed by atoms with E-state index < -0.39 is 0 Å². The minimum absolute atomic E-state index is 0.374. The highest BCUT2D eigenvalue weighted by Gasteiger charge is 2.25. The summed E-state index contributed by atoms with van der Waals surface area (Å²) in [5.41, 5.74) is 0. The second-order valence-corrected chi connectivity index (χ2v) is 7.07. The van der Waals surface area contributed by atoms with Gasteiger partial charge >= 0.3 is 0 Å². The van der Waals surface area contributed by atoms with Crippen LogP contribution in [0.5, 0.6) is 0 Å². The maximum atomic E-state index is 12.3. The fraction of sp³-hybridized carbons (Fsp3) is 0.941. The van der Waals surface area contributed by atoms with Crippen LogP contribution in [0, 0.1) is 5.92 Å². The number of nitrogens with zero attached hydrogens (tertiary/aromatic N) is 2. The topological polar surface area (TPSA) is 44.8 Å². The largest absolute Gasteiger partial charge is 0.379 e. The van der Waals surface area contributed by atoms with Gasteiger partial charge in [0, 0.05) is 45.2 Å². The van der Waals surface area contributed by atoms with Gasteiger partial charge in [0.1, 0.15) is 0 Å². The third-order valence-corrected chi connectivity index (χ3v) is 5.46. The standard InChI is InChI=1S/C17H31N3O2/c21-17(4-3-16-2-1-7-18-16)20-8-5-15(6-9-20)14-19-10-12-22-13-11-19/h15-16,18H,1-14H2. The van der Waals surface area contributed by atoms with Gasteiger partial charge in [-0.3, -0.25) is 9.69 Å². The lowest BCUT2D eigenvalue weighted by atomic mass is 9.95. The first-order valence-electron chi connectivity index (χ1n) is 9.12. The molecule has 126 valence electrons. The molecule has 0 aromatic heterocycles. The van der Waals surface area contributed by atoms with Crippen molar-refractivity contribution in [3.05, 3.63) is 0 Å². The Morgan fingerprint density at radius 2 is 1.86 bits per heavy atom. The lowest BCUT2D eigenvalue weighted by Gasteiger charge is -2.36. The number of likely N-dealkylation sites (tertiary alicyclic amines) is 1. The zero-order valence-electron chi connectivity index (χ0n) is 13.8. The highest BCUT2D eigenvalue weighted by atomic mass is 16.5.